The SMILES string of the molecule is Clc1oc2ccccc2c1Cn1nnc2c1CCCC2. The quantitative estimate of drug-likeness (QED) is 0.723. The van der Waals surface area contributed by atoms with Gasteiger partial charge in [0.15, 0.2) is 5.22 Å². The van der Waals surface area contributed by atoms with Gasteiger partial charge in [0, 0.05) is 10.9 Å². The van der Waals surface area contributed by atoms with Crippen molar-refractivity contribution in [1.82, 2.24) is 15.0 Å². The molecule has 0 bridgehead atoms. The van der Waals surface area contributed by atoms with Crippen molar-refractivity contribution < 1.29 is 4.42 Å². The molecule has 4 nitrogen and oxygen atoms in total. The van der Waals surface area contributed by atoms with Crippen LogP contribution in [0, 0.1) is 0 Å². The Balaban J connectivity index is 1.78. The molecule has 1 aliphatic rings. The molecular formula is C15H14ClN3O. The van der Waals surface area contributed by atoms with Crippen LogP contribution in [-0.2, 0) is 19.4 Å². The summed E-state index contributed by atoms with van der Waals surface area (Å²) in [7, 11) is 0. The molecule has 2 heterocycles. The van der Waals surface area contributed by atoms with Crippen molar-refractivity contribution in [2.24, 2.45) is 0 Å². The predicted molar refractivity (Wildman–Crippen MR) is 77.0 cm³/mol. The van der Waals surface area contributed by atoms with Crippen molar-refractivity contribution in [2.45, 2.75) is 32.2 Å². The molecule has 0 aliphatic heterocycles. The molecule has 0 atom stereocenters. The smallest absolute Gasteiger partial charge is 0.199 e. The van der Waals surface area contributed by atoms with E-state index in [2.05, 4.69) is 10.3 Å². The maximum Gasteiger partial charge on any atom is 0.199 e. The number of benzene rings is 1. The lowest BCUT2D eigenvalue weighted by Crippen LogP contribution is -2.10. The second-order valence-corrected chi connectivity index (χ2v) is 5.54. The lowest BCUT2D eigenvalue weighted by atomic mass is 10.0. The van der Waals surface area contributed by atoms with E-state index in [1.54, 1.807) is 0 Å². The highest BCUT2D eigenvalue weighted by molar-refractivity contribution is 6.30. The third-order valence-corrected chi connectivity index (χ3v) is 4.26. The van der Waals surface area contributed by atoms with Crippen LogP contribution in [0.15, 0.2) is 28.7 Å². The van der Waals surface area contributed by atoms with Crippen molar-refractivity contribution in [2.75, 3.05) is 0 Å². The van der Waals surface area contributed by atoms with E-state index in [9.17, 15) is 0 Å². The minimum Gasteiger partial charge on any atom is -0.444 e. The zero-order chi connectivity index (χ0) is 13.5. The lowest BCUT2D eigenvalue weighted by Gasteiger charge is -2.11. The average molecular weight is 288 g/mol. The van der Waals surface area contributed by atoms with Gasteiger partial charge in [0.25, 0.3) is 0 Å². The highest BCUT2D eigenvalue weighted by Gasteiger charge is 2.19. The van der Waals surface area contributed by atoms with Crippen molar-refractivity contribution in [3.63, 3.8) is 0 Å². The topological polar surface area (TPSA) is 43.9 Å². The van der Waals surface area contributed by atoms with E-state index in [0.29, 0.717) is 11.8 Å². The number of aryl methyl sites for hydroxylation is 1. The van der Waals surface area contributed by atoms with Crippen LogP contribution in [-0.4, -0.2) is 15.0 Å². The Morgan fingerprint density at radius 3 is 3.00 bits per heavy atom. The first-order valence-electron chi connectivity index (χ1n) is 6.90. The fraction of sp³-hybridized carbons (Fsp3) is 0.333. The van der Waals surface area contributed by atoms with Gasteiger partial charge < -0.3 is 4.42 Å². The van der Waals surface area contributed by atoms with Gasteiger partial charge in [0.2, 0.25) is 0 Å². The lowest BCUT2D eigenvalue weighted by molar-refractivity contribution is 0.576. The average Bonchev–Trinajstić information content (AvgIpc) is 3.02. The maximum absolute atomic E-state index is 6.24. The van der Waals surface area contributed by atoms with E-state index >= 15 is 0 Å². The van der Waals surface area contributed by atoms with Crippen LogP contribution in [0.3, 0.4) is 0 Å². The molecule has 0 amide bonds. The summed E-state index contributed by atoms with van der Waals surface area (Å²) in [6, 6.07) is 7.91. The van der Waals surface area contributed by atoms with Gasteiger partial charge in [-0.2, -0.15) is 0 Å². The van der Waals surface area contributed by atoms with E-state index in [0.717, 1.165) is 35.1 Å². The summed E-state index contributed by atoms with van der Waals surface area (Å²) >= 11 is 6.24. The Morgan fingerprint density at radius 2 is 2.05 bits per heavy atom. The summed E-state index contributed by atoms with van der Waals surface area (Å²) in [4.78, 5) is 0. The Hall–Kier alpha value is -1.81. The largest absolute Gasteiger partial charge is 0.444 e. The molecule has 102 valence electrons. The van der Waals surface area contributed by atoms with E-state index in [4.69, 9.17) is 16.0 Å². The fourth-order valence-corrected chi connectivity index (χ4v) is 3.16. The minimum absolute atomic E-state index is 0.450. The zero-order valence-electron chi connectivity index (χ0n) is 11.0. The molecule has 0 saturated carbocycles. The van der Waals surface area contributed by atoms with E-state index in [1.807, 2.05) is 28.9 Å². The van der Waals surface area contributed by atoms with Crippen LogP contribution in [0.1, 0.15) is 29.8 Å². The number of para-hydroxylation sites is 1. The summed E-state index contributed by atoms with van der Waals surface area (Å²) < 4.78 is 7.57. The number of halogens is 1. The molecule has 0 fully saturated rings. The zero-order valence-corrected chi connectivity index (χ0v) is 11.7. The molecule has 2 aromatic heterocycles. The summed E-state index contributed by atoms with van der Waals surface area (Å²) in [6.07, 6.45) is 4.51. The number of aromatic nitrogens is 3. The molecule has 0 N–H and O–H groups in total. The first-order chi connectivity index (χ1) is 9.83. The van der Waals surface area contributed by atoms with Gasteiger partial charge in [0.1, 0.15) is 5.58 Å². The first kappa shape index (κ1) is 12.0. The fourth-order valence-electron chi connectivity index (χ4n) is 2.91. The number of nitrogens with zero attached hydrogens (tertiary/aromatic N) is 3. The highest BCUT2D eigenvalue weighted by atomic mass is 35.5. The Morgan fingerprint density at radius 1 is 1.20 bits per heavy atom. The van der Waals surface area contributed by atoms with E-state index in [1.165, 1.54) is 18.5 Å². The standard InChI is InChI=1S/C15H14ClN3O/c16-15-11(10-5-1-4-8-14(10)20-15)9-19-13-7-3-2-6-12(13)17-18-19/h1,4-5,8H,2-3,6-7,9H2. The number of fused-ring (bicyclic) bond motifs is 2. The molecule has 0 unspecified atom stereocenters. The molecule has 1 aliphatic carbocycles. The molecule has 0 spiro atoms. The van der Waals surface area contributed by atoms with Crippen molar-refractivity contribution in [3.05, 3.63) is 46.4 Å². The van der Waals surface area contributed by atoms with E-state index in [-0.39, 0.29) is 0 Å². The predicted octanol–water partition coefficient (Wildman–Crippen LogP) is 3.60. The van der Waals surface area contributed by atoms with Gasteiger partial charge in [-0.15, -0.1) is 5.10 Å². The van der Waals surface area contributed by atoms with Crippen LogP contribution in [0.25, 0.3) is 11.0 Å². The Labute approximate surface area is 121 Å². The summed E-state index contributed by atoms with van der Waals surface area (Å²) in [6.45, 7) is 0.623. The molecule has 5 heteroatoms. The molecule has 0 saturated heterocycles. The monoisotopic (exact) mass is 287 g/mol. The van der Waals surface area contributed by atoms with Crippen LogP contribution in [0.4, 0.5) is 0 Å². The number of hydrogen-bond donors (Lipinski definition) is 0. The van der Waals surface area contributed by atoms with Crippen LogP contribution in [0.5, 0.6) is 0 Å². The van der Waals surface area contributed by atoms with Crippen molar-refractivity contribution in [3.8, 4) is 0 Å². The normalized spacial score (nSPS) is 14.7. The number of rotatable bonds is 2. The van der Waals surface area contributed by atoms with Crippen molar-refractivity contribution in [1.29, 1.82) is 0 Å². The van der Waals surface area contributed by atoms with Gasteiger partial charge >= 0.3 is 0 Å². The molecule has 1 aromatic carbocycles. The molecule has 4 rings (SSSR count). The van der Waals surface area contributed by atoms with Crippen molar-refractivity contribution >= 4 is 22.6 Å². The molecule has 20 heavy (non-hydrogen) atoms. The van der Waals surface area contributed by atoms with Gasteiger partial charge in [-0.3, -0.25) is 0 Å². The van der Waals surface area contributed by atoms with Crippen LogP contribution in [0.2, 0.25) is 5.22 Å². The Kier molecular flexibility index (Phi) is 2.77. The van der Waals surface area contributed by atoms with Crippen LogP contribution >= 0.6 is 11.6 Å². The summed E-state index contributed by atoms with van der Waals surface area (Å²) in [5.74, 6) is 0. The molecule has 0 radical (unpaired) electrons. The van der Waals surface area contributed by atoms with Gasteiger partial charge in [-0.05, 0) is 43.4 Å². The second-order valence-electron chi connectivity index (χ2n) is 5.20. The number of furan rings is 1. The molecular weight excluding hydrogens is 274 g/mol. The van der Waals surface area contributed by atoms with Gasteiger partial charge in [-0.25, -0.2) is 4.68 Å². The van der Waals surface area contributed by atoms with E-state index < -0.39 is 0 Å². The second kappa shape index (κ2) is 4.63. The van der Waals surface area contributed by atoms with Crippen LogP contribution < -0.4 is 0 Å². The highest BCUT2D eigenvalue weighted by Crippen LogP contribution is 2.31. The third-order valence-electron chi connectivity index (χ3n) is 3.95. The maximum atomic E-state index is 6.24. The Bertz CT molecular complexity index is 775. The van der Waals surface area contributed by atoms with Gasteiger partial charge in [-0.1, -0.05) is 23.4 Å². The first-order valence-corrected chi connectivity index (χ1v) is 7.28. The molecule has 3 aromatic rings. The van der Waals surface area contributed by atoms with Gasteiger partial charge in [0.05, 0.1) is 17.9 Å². The third kappa shape index (κ3) is 1.83. The summed E-state index contributed by atoms with van der Waals surface area (Å²) in [5, 5.41) is 10.1. The number of hydrogen-bond acceptors (Lipinski definition) is 3. The summed E-state index contributed by atoms with van der Waals surface area (Å²) in [5.41, 5.74) is 4.19. The minimum atomic E-state index is 0.450.